The molecule has 1 amide bonds. The molecule has 0 aliphatic carbocycles. The van der Waals surface area contributed by atoms with Crippen LogP contribution in [-0.2, 0) is 33.3 Å². The molecule has 0 bridgehead atoms. The summed E-state index contributed by atoms with van der Waals surface area (Å²) in [5.74, 6) is -3.60. The summed E-state index contributed by atoms with van der Waals surface area (Å²) in [5, 5.41) is 69.7. The number of ether oxygens (including phenoxy) is 5. The number of likely N-dealkylation sites (N-methyl/N-ethyl adjacent to an activating group) is 1. The van der Waals surface area contributed by atoms with Crippen LogP contribution in [0.2, 0.25) is 0 Å². The molecule has 18 atom stereocenters. The Bertz CT molecular complexity index is 2490. The van der Waals surface area contributed by atoms with Gasteiger partial charge >= 0.3 is 273 Å². The van der Waals surface area contributed by atoms with Crippen molar-refractivity contribution < 1.29 is 58.8 Å². The van der Waals surface area contributed by atoms with E-state index in [0.717, 1.165) is 31.8 Å². The van der Waals surface area contributed by atoms with Crippen molar-refractivity contribution in [2.45, 2.75) is 259 Å². The average Bonchev–Trinajstić information content (AvgIpc) is 2.31. The number of aliphatic hydroxyl groups excluding tert-OH is 4. The molecule has 3 aromatic rings. The van der Waals surface area contributed by atoms with Crippen LogP contribution in [0.1, 0.15) is 169 Å². The standard InChI is InChI=1S/C66H109N4O12P/c1-19-56-66(15,77)61(74)48(12)69(57(72)25-23-21-20-22-24-26-83(50-29-40(4)27-41(5)30-50,51-31-42(6)28-43(7)32-51)52-36-67-70(38-52)39(2)3)37-44(8)33-54(71)60(82-64-59(73)53(68(16)17)34-45(9)79-64)46(10)58(47(11)63(76)81-56)55-35-65(14,78-18)62(75)49(13)80-55/h27-32,36,38-39,44-49,53-56,58-62,64,71,73-75,77,83H,19-26,33-35,37H2,1-18H3/t44-,45-,46+,47-,48-,49+,53+,54-,55?,56-,58+,59-,60-,61-,62+,64+,65-,66-/m1/s1. The van der Waals surface area contributed by atoms with Crippen molar-refractivity contribution in [1.82, 2.24) is 19.6 Å². The van der Waals surface area contributed by atoms with Crippen LogP contribution in [0.15, 0.2) is 48.8 Å². The number of aromatic nitrogens is 2. The van der Waals surface area contributed by atoms with Crippen molar-refractivity contribution in [3.63, 3.8) is 0 Å². The smallest absolute Gasteiger partial charge is 0.383 e. The van der Waals surface area contributed by atoms with Gasteiger partial charge in [0.1, 0.15) is 18.3 Å². The van der Waals surface area contributed by atoms with Gasteiger partial charge in [-0.1, -0.05) is 20.8 Å². The van der Waals surface area contributed by atoms with E-state index in [0.29, 0.717) is 12.8 Å². The van der Waals surface area contributed by atoms with Gasteiger partial charge in [-0.25, -0.2) is 0 Å². The molecule has 3 aliphatic rings. The Balaban J connectivity index is 1.27. The molecule has 3 saturated heterocycles. The van der Waals surface area contributed by atoms with Gasteiger partial charge in [0.15, 0.2) is 6.29 Å². The molecular weight excluding hydrogens is 1070 g/mol. The zero-order valence-corrected chi connectivity index (χ0v) is 54.8. The summed E-state index contributed by atoms with van der Waals surface area (Å²) in [7, 11) is 2.71. The number of carbonyl (C=O) groups is 2. The summed E-state index contributed by atoms with van der Waals surface area (Å²) in [4.78, 5) is 33.2. The van der Waals surface area contributed by atoms with Crippen LogP contribution < -0.4 is 15.9 Å². The molecule has 3 fully saturated rings. The predicted octanol–water partition coefficient (Wildman–Crippen LogP) is 7.76. The molecule has 6 rings (SSSR count). The maximum absolute atomic E-state index is 14.8. The summed E-state index contributed by atoms with van der Waals surface area (Å²) in [5.41, 5.74) is 1.93. The van der Waals surface area contributed by atoms with Crippen molar-refractivity contribution in [3.8, 4) is 0 Å². The number of unbranched alkanes of at least 4 members (excludes halogenated alkanes) is 4. The molecule has 0 saturated carbocycles. The molecule has 0 radical (unpaired) electrons. The van der Waals surface area contributed by atoms with Crippen LogP contribution in [-0.4, -0.2) is 175 Å². The van der Waals surface area contributed by atoms with Gasteiger partial charge in [0.05, 0.1) is 42.0 Å². The number of hydrogen-bond donors (Lipinski definition) is 5. The van der Waals surface area contributed by atoms with E-state index in [1.165, 1.54) is 52.2 Å². The second-order valence-electron chi connectivity index (χ2n) is 26.9. The zero-order chi connectivity index (χ0) is 61.6. The van der Waals surface area contributed by atoms with Crippen LogP contribution in [0.4, 0.5) is 0 Å². The molecule has 83 heavy (non-hydrogen) atoms. The second-order valence-corrected chi connectivity index (χ2v) is 30.9. The van der Waals surface area contributed by atoms with Gasteiger partial charge in [0.2, 0.25) is 0 Å². The van der Waals surface area contributed by atoms with Crippen LogP contribution in [0.25, 0.3) is 0 Å². The summed E-state index contributed by atoms with van der Waals surface area (Å²) < 4.78 is 34.2. The number of aryl methyl sites for hydroxylation is 4. The minimum Gasteiger partial charge on any atom is -0.383 e. The fraction of sp³-hybridized carbons (Fsp3) is 0.742. The van der Waals surface area contributed by atoms with Crippen LogP contribution in [0.5, 0.6) is 0 Å². The Morgan fingerprint density at radius 2 is 1.41 bits per heavy atom. The molecule has 1 aromatic heterocycles. The third-order valence-corrected chi connectivity index (χ3v) is 24.2. The van der Waals surface area contributed by atoms with E-state index in [4.69, 9.17) is 28.8 Å². The van der Waals surface area contributed by atoms with Crippen LogP contribution >= 0.6 is 7.26 Å². The molecule has 0 spiro atoms. The molecule has 16 nitrogen and oxygen atoms in total. The van der Waals surface area contributed by atoms with Gasteiger partial charge < -0.3 is 49.0 Å². The summed E-state index contributed by atoms with van der Waals surface area (Å²) in [6.45, 7) is 29.2. The monoisotopic (exact) mass is 1180 g/mol. The molecular formula is C66H109N4O12P. The quantitative estimate of drug-likeness (QED) is 0.0469. The van der Waals surface area contributed by atoms with Gasteiger partial charge in [-0.3, -0.25) is 4.79 Å². The number of nitrogens with zero attached hydrogens (tertiary/aromatic N) is 4. The van der Waals surface area contributed by atoms with Gasteiger partial charge in [-0.15, -0.1) is 0 Å². The second kappa shape index (κ2) is 29.1. The van der Waals surface area contributed by atoms with Crippen molar-refractivity contribution >= 4 is 35.1 Å². The zero-order valence-electron chi connectivity index (χ0n) is 53.8. The summed E-state index contributed by atoms with van der Waals surface area (Å²) in [6.07, 6.45) is 0.995. The third-order valence-electron chi connectivity index (χ3n) is 19.3. The molecule has 5 N–H and O–H groups in total. The number of hydrogen-bond acceptors (Lipinski definition) is 14. The van der Waals surface area contributed by atoms with Crippen LogP contribution in [0.3, 0.4) is 0 Å². The molecule has 4 heterocycles. The summed E-state index contributed by atoms with van der Waals surface area (Å²) in [6, 6.07) is 13.1. The number of amides is 1. The Labute approximate surface area is 498 Å². The first-order chi connectivity index (χ1) is 38.9. The fourth-order valence-corrected chi connectivity index (χ4v) is 19.6. The Kier molecular flexibility index (Phi) is 24.1. The predicted molar refractivity (Wildman–Crippen MR) is 331 cm³/mol. The van der Waals surface area contributed by atoms with E-state index in [2.05, 4.69) is 95.0 Å². The number of aliphatic hydroxyl groups is 5. The number of cyclic esters (lactones) is 1. The summed E-state index contributed by atoms with van der Waals surface area (Å²) >= 11 is 0. The molecule has 3 aliphatic heterocycles. The van der Waals surface area contributed by atoms with Crippen molar-refractivity contribution in [3.05, 3.63) is 71.0 Å². The topological polar surface area (TPSA) is 206 Å². The Hall–Kier alpha value is -3.38. The normalized spacial score (nSPS) is 34.8. The minimum absolute atomic E-state index is 0.125. The van der Waals surface area contributed by atoms with Crippen molar-refractivity contribution in [1.29, 1.82) is 0 Å². The third kappa shape index (κ3) is 15.9. The van der Waals surface area contributed by atoms with Crippen molar-refractivity contribution in [2.24, 2.45) is 23.7 Å². The van der Waals surface area contributed by atoms with Crippen LogP contribution in [0, 0.1) is 51.4 Å². The first-order valence-corrected chi connectivity index (χ1v) is 33.5. The molecule has 17 heteroatoms. The van der Waals surface area contributed by atoms with Gasteiger partial charge in [0, 0.05) is 25.5 Å². The van der Waals surface area contributed by atoms with E-state index < -0.39 is 103 Å². The van der Waals surface area contributed by atoms with Gasteiger partial charge in [-0.2, -0.15) is 0 Å². The molecule has 470 valence electrons. The van der Waals surface area contributed by atoms with E-state index in [9.17, 15) is 35.1 Å². The molecule has 2 aromatic carbocycles. The van der Waals surface area contributed by atoms with Crippen molar-refractivity contribution in [2.75, 3.05) is 33.9 Å². The fourth-order valence-electron chi connectivity index (χ4n) is 14.4. The number of benzene rings is 2. The number of rotatable bonds is 18. The Morgan fingerprint density at radius 1 is 0.831 bits per heavy atom. The van der Waals surface area contributed by atoms with E-state index in [1.807, 2.05) is 46.7 Å². The SMILES string of the molecule is CC[C@H]1OC(=O)[C@H](C)[C@@H](C2C[C@@](C)(OC)[C@@H](O)[C@H](C)O2)[C@H](C)[C@@H](O[C@@H]2O[C@H](C)C[C@H](N(C)C)[C@H]2O)[C@H](O)C[C@@H](C)CN(C(=O)CCCCCCC[PH](c2cc(C)cc(C)c2)(c2cc(C)cc(C)c2)c2cnn(C(C)C)c2)[C@H](C)[C@@H](O)[C@]1(C)O. The Morgan fingerprint density at radius 3 is 1.95 bits per heavy atom. The van der Waals surface area contributed by atoms with Gasteiger partial charge in [0.25, 0.3) is 0 Å². The van der Waals surface area contributed by atoms with E-state index >= 15 is 0 Å². The average molecular weight is 1180 g/mol. The first kappa shape index (κ1) is 68.7. The first-order valence-electron chi connectivity index (χ1n) is 31.2. The number of esters is 1. The van der Waals surface area contributed by atoms with Gasteiger partial charge in [-0.05, 0) is 60.5 Å². The van der Waals surface area contributed by atoms with E-state index in [1.54, 1.807) is 32.6 Å². The maximum atomic E-state index is 14.8. The molecule has 1 unspecified atom stereocenters. The number of carbonyl (C=O) groups excluding carboxylic acids is 2. The number of methoxy groups -OCH3 is 1. The van der Waals surface area contributed by atoms with E-state index in [-0.39, 0.29) is 62.2 Å². The minimum atomic E-state index is -2.60.